The number of Topliss-reactive ketones (excluding diaryl/α,β-unsaturated/α-hetero) is 1. The summed E-state index contributed by atoms with van der Waals surface area (Å²) >= 11 is 0. The Morgan fingerprint density at radius 1 is 1.03 bits per heavy atom. The number of amides is 1. The molecule has 0 bridgehead atoms. The van der Waals surface area contributed by atoms with Crippen LogP contribution in [0.2, 0.25) is 0 Å². The average molecular weight is 444 g/mol. The van der Waals surface area contributed by atoms with Gasteiger partial charge >= 0.3 is 0 Å². The molecule has 2 heterocycles. The average Bonchev–Trinajstić information content (AvgIpc) is 3.08. The van der Waals surface area contributed by atoms with Gasteiger partial charge in [0.15, 0.2) is 0 Å². The van der Waals surface area contributed by atoms with E-state index in [1.165, 1.54) is 19.1 Å². The summed E-state index contributed by atoms with van der Waals surface area (Å²) in [6.07, 6.45) is 3.29. The van der Waals surface area contributed by atoms with Crippen molar-refractivity contribution in [2.45, 2.75) is 19.5 Å². The fourth-order valence-corrected chi connectivity index (χ4v) is 4.14. The number of aliphatic hydroxyl groups excluding tert-OH is 1. The first-order valence-corrected chi connectivity index (χ1v) is 10.4. The minimum atomic E-state index is -0.792. The Morgan fingerprint density at radius 3 is 2.33 bits per heavy atom. The molecular formula is C26H24N2O5. The van der Waals surface area contributed by atoms with E-state index in [-0.39, 0.29) is 23.4 Å². The number of aliphatic hydroxyl groups is 1. The van der Waals surface area contributed by atoms with Crippen molar-refractivity contribution >= 4 is 17.4 Å². The van der Waals surface area contributed by atoms with E-state index in [9.17, 15) is 14.7 Å². The van der Waals surface area contributed by atoms with Crippen molar-refractivity contribution in [2.24, 2.45) is 0 Å². The van der Waals surface area contributed by atoms with E-state index >= 15 is 0 Å². The van der Waals surface area contributed by atoms with Crippen molar-refractivity contribution in [2.75, 3.05) is 14.2 Å². The number of carbonyl (C=O) groups is 2. The van der Waals surface area contributed by atoms with Crippen LogP contribution in [-0.2, 0) is 16.1 Å². The summed E-state index contributed by atoms with van der Waals surface area (Å²) in [5.41, 5.74) is 2.66. The van der Waals surface area contributed by atoms with E-state index in [4.69, 9.17) is 9.47 Å². The van der Waals surface area contributed by atoms with Crippen molar-refractivity contribution in [1.82, 2.24) is 9.88 Å². The molecule has 1 aliphatic rings. The van der Waals surface area contributed by atoms with Crippen molar-refractivity contribution in [3.05, 3.63) is 94.8 Å². The van der Waals surface area contributed by atoms with Crippen LogP contribution in [0.1, 0.15) is 28.3 Å². The van der Waals surface area contributed by atoms with Gasteiger partial charge in [0.05, 0.1) is 25.8 Å². The highest BCUT2D eigenvalue weighted by molar-refractivity contribution is 6.46. The van der Waals surface area contributed by atoms with Crippen LogP contribution >= 0.6 is 0 Å². The summed E-state index contributed by atoms with van der Waals surface area (Å²) in [7, 11) is 2.93. The third-order valence-electron chi connectivity index (χ3n) is 5.64. The second-order valence-corrected chi connectivity index (χ2v) is 7.74. The number of rotatable bonds is 6. The standard InChI is InChI=1S/C26H24N2O5/c1-16-7-4-9-18(13-16)23-22(24(29)21-19(32-2)10-5-11-20(21)33-3)25(30)26(31)28(23)15-17-8-6-12-27-14-17/h4-14,23,29H,15H2,1-3H3/b24-22+. The second-order valence-electron chi connectivity index (χ2n) is 7.74. The zero-order valence-corrected chi connectivity index (χ0v) is 18.6. The largest absolute Gasteiger partial charge is 0.506 e. The molecule has 1 N–H and O–H groups in total. The molecule has 0 saturated carbocycles. The molecule has 1 aliphatic heterocycles. The molecule has 7 nitrogen and oxygen atoms in total. The van der Waals surface area contributed by atoms with Gasteiger partial charge in [-0.05, 0) is 36.2 Å². The number of ether oxygens (including phenoxy) is 2. The van der Waals surface area contributed by atoms with Crippen molar-refractivity contribution in [1.29, 1.82) is 0 Å². The maximum atomic E-state index is 13.3. The summed E-state index contributed by atoms with van der Waals surface area (Å²) in [4.78, 5) is 32.0. The molecule has 168 valence electrons. The number of aromatic nitrogens is 1. The predicted octanol–water partition coefficient (Wildman–Crippen LogP) is 4.03. The quantitative estimate of drug-likeness (QED) is 0.351. The number of methoxy groups -OCH3 is 2. The number of ketones is 1. The summed E-state index contributed by atoms with van der Waals surface area (Å²) in [6, 6.07) is 15.4. The molecule has 7 heteroatoms. The third-order valence-corrected chi connectivity index (χ3v) is 5.64. The summed E-state index contributed by atoms with van der Waals surface area (Å²) < 4.78 is 10.8. The lowest BCUT2D eigenvalue weighted by Gasteiger charge is -2.26. The van der Waals surface area contributed by atoms with Crippen LogP contribution in [0.4, 0.5) is 0 Å². The Morgan fingerprint density at radius 2 is 1.73 bits per heavy atom. The molecule has 1 atom stereocenters. The summed E-state index contributed by atoms with van der Waals surface area (Å²) in [5.74, 6) is -1.15. The highest BCUT2D eigenvalue weighted by Crippen LogP contribution is 2.44. The zero-order valence-electron chi connectivity index (χ0n) is 18.6. The van der Waals surface area contributed by atoms with Crippen LogP contribution in [0.15, 0.2) is 72.6 Å². The second kappa shape index (κ2) is 9.16. The van der Waals surface area contributed by atoms with Gasteiger partial charge < -0.3 is 19.5 Å². The minimum absolute atomic E-state index is 0.0164. The summed E-state index contributed by atoms with van der Waals surface area (Å²) in [6.45, 7) is 2.09. The molecule has 3 aromatic rings. The van der Waals surface area contributed by atoms with Crippen LogP contribution in [0, 0.1) is 6.92 Å². The predicted molar refractivity (Wildman–Crippen MR) is 123 cm³/mol. The number of carbonyl (C=O) groups excluding carboxylic acids is 2. The lowest BCUT2D eigenvalue weighted by atomic mass is 9.93. The van der Waals surface area contributed by atoms with E-state index in [0.29, 0.717) is 17.1 Å². The molecule has 1 unspecified atom stereocenters. The summed E-state index contributed by atoms with van der Waals surface area (Å²) in [5, 5.41) is 11.4. The molecule has 1 fully saturated rings. The van der Waals surface area contributed by atoms with E-state index in [1.54, 1.807) is 36.7 Å². The number of hydrogen-bond donors (Lipinski definition) is 1. The zero-order chi connectivity index (χ0) is 23.5. The van der Waals surface area contributed by atoms with Crippen LogP contribution < -0.4 is 9.47 Å². The normalized spacial score (nSPS) is 17.3. The molecule has 0 aliphatic carbocycles. The first-order chi connectivity index (χ1) is 16.0. The Kier molecular flexibility index (Phi) is 6.13. The van der Waals surface area contributed by atoms with Gasteiger partial charge in [0, 0.05) is 18.9 Å². The van der Waals surface area contributed by atoms with Crippen LogP contribution in [0.3, 0.4) is 0 Å². The maximum Gasteiger partial charge on any atom is 0.295 e. The maximum absolute atomic E-state index is 13.3. The highest BCUT2D eigenvalue weighted by Gasteiger charge is 2.46. The molecule has 1 saturated heterocycles. The Hall–Kier alpha value is -4.13. The van der Waals surface area contributed by atoms with E-state index in [1.807, 2.05) is 37.3 Å². The van der Waals surface area contributed by atoms with Gasteiger partial charge in [-0.1, -0.05) is 42.0 Å². The smallest absolute Gasteiger partial charge is 0.295 e. The van der Waals surface area contributed by atoms with Gasteiger partial charge in [0.1, 0.15) is 22.8 Å². The SMILES string of the molecule is COc1cccc(OC)c1/C(O)=C1\C(=O)C(=O)N(Cc2cccnc2)C1c1cccc(C)c1. The van der Waals surface area contributed by atoms with Crippen LogP contribution in [-0.4, -0.2) is 40.9 Å². The van der Waals surface area contributed by atoms with E-state index in [2.05, 4.69) is 4.98 Å². The number of nitrogens with zero attached hydrogens (tertiary/aromatic N) is 2. The van der Waals surface area contributed by atoms with E-state index < -0.39 is 17.7 Å². The molecule has 0 radical (unpaired) electrons. The first kappa shape index (κ1) is 22.1. The highest BCUT2D eigenvalue weighted by atomic mass is 16.5. The molecule has 4 rings (SSSR count). The molecule has 1 amide bonds. The Labute approximate surface area is 191 Å². The van der Waals surface area contributed by atoms with Crippen molar-refractivity contribution < 1.29 is 24.2 Å². The lowest BCUT2D eigenvalue weighted by Crippen LogP contribution is -2.29. The van der Waals surface area contributed by atoms with Gasteiger partial charge in [-0.2, -0.15) is 0 Å². The Balaban J connectivity index is 1.94. The number of likely N-dealkylation sites (tertiary alicyclic amines) is 1. The molecule has 33 heavy (non-hydrogen) atoms. The third kappa shape index (κ3) is 4.05. The molecule has 1 aromatic heterocycles. The monoisotopic (exact) mass is 444 g/mol. The van der Waals surface area contributed by atoms with Gasteiger partial charge in [-0.3, -0.25) is 14.6 Å². The molecule has 2 aromatic carbocycles. The first-order valence-electron chi connectivity index (χ1n) is 10.4. The topological polar surface area (TPSA) is 89.0 Å². The van der Waals surface area contributed by atoms with Crippen molar-refractivity contribution in [3.8, 4) is 11.5 Å². The number of aryl methyl sites for hydroxylation is 1. The fourth-order valence-electron chi connectivity index (χ4n) is 4.14. The Bertz CT molecular complexity index is 1210. The van der Waals surface area contributed by atoms with Gasteiger partial charge in [-0.25, -0.2) is 0 Å². The number of pyridine rings is 1. The lowest BCUT2D eigenvalue weighted by molar-refractivity contribution is -0.140. The fraction of sp³-hybridized carbons (Fsp3) is 0.192. The van der Waals surface area contributed by atoms with Gasteiger partial charge in [0.2, 0.25) is 0 Å². The molecule has 0 spiro atoms. The van der Waals surface area contributed by atoms with E-state index in [0.717, 1.165) is 11.1 Å². The molecular weight excluding hydrogens is 420 g/mol. The van der Waals surface area contributed by atoms with Crippen LogP contribution in [0.25, 0.3) is 5.76 Å². The van der Waals surface area contributed by atoms with Gasteiger partial charge in [0.25, 0.3) is 11.7 Å². The van der Waals surface area contributed by atoms with Crippen LogP contribution in [0.5, 0.6) is 11.5 Å². The number of hydrogen-bond acceptors (Lipinski definition) is 6. The van der Waals surface area contributed by atoms with Crippen molar-refractivity contribution in [3.63, 3.8) is 0 Å². The van der Waals surface area contributed by atoms with Gasteiger partial charge in [-0.15, -0.1) is 0 Å². The number of benzene rings is 2. The minimum Gasteiger partial charge on any atom is -0.506 e.